The Balaban J connectivity index is 2.01. The normalized spacial score (nSPS) is 14.1. The van der Waals surface area contributed by atoms with Crippen LogP contribution in [0.2, 0.25) is 0 Å². The molecule has 0 aliphatic heterocycles. The minimum Gasteiger partial charge on any atom is -0.336 e. The van der Waals surface area contributed by atoms with E-state index in [0.29, 0.717) is 16.9 Å². The summed E-state index contributed by atoms with van der Waals surface area (Å²) in [5.41, 5.74) is 1.86. The van der Waals surface area contributed by atoms with Crippen LogP contribution < -0.4 is 11.2 Å². The highest BCUT2D eigenvalue weighted by molar-refractivity contribution is 8.00. The fourth-order valence-corrected chi connectivity index (χ4v) is 3.23. The van der Waals surface area contributed by atoms with Crippen LogP contribution in [0, 0.1) is 0 Å². The van der Waals surface area contributed by atoms with Gasteiger partial charge in [-0.2, -0.15) is 0 Å². The summed E-state index contributed by atoms with van der Waals surface area (Å²) in [5.74, 6) is 7.20. The molecule has 0 aliphatic rings. The van der Waals surface area contributed by atoms with E-state index in [1.54, 1.807) is 0 Å². The van der Waals surface area contributed by atoms with Gasteiger partial charge in [0, 0.05) is 11.1 Å². The number of nitrogen functional groups attached to an aromatic ring is 1. The first-order chi connectivity index (χ1) is 12.1. The number of hydrogen-bond donors (Lipinski definition) is 2. The molecule has 0 unspecified atom stereocenters. The van der Waals surface area contributed by atoms with Gasteiger partial charge in [-0.1, -0.05) is 58.5 Å². The lowest BCUT2D eigenvalue weighted by Crippen LogP contribution is -2.26. The molecule has 1 heterocycles. The Morgan fingerprint density at radius 3 is 2.35 bits per heavy atom. The van der Waals surface area contributed by atoms with E-state index in [4.69, 9.17) is 5.84 Å². The third-order valence-electron chi connectivity index (χ3n) is 4.35. The highest BCUT2D eigenvalue weighted by Crippen LogP contribution is 2.26. The van der Waals surface area contributed by atoms with Crippen molar-refractivity contribution in [2.45, 2.75) is 69.7 Å². The van der Waals surface area contributed by atoms with Gasteiger partial charge in [-0.05, 0) is 37.0 Å². The second-order valence-corrected chi connectivity index (χ2v) is 8.91. The smallest absolute Gasteiger partial charge is 0.237 e. The maximum absolute atomic E-state index is 12.5. The van der Waals surface area contributed by atoms with E-state index in [0.717, 1.165) is 12.1 Å². The van der Waals surface area contributed by atoms with Gasteiger partial charge in [0.25, 0.3) is 0 Å². The molecule has 0 spiro atoms. The van der Waals surface area contributed by atoms with Crippen molar-refractivity contribution in [1.82, 2.24) is 14.9 Å². The standard InChI is InChI=1S/C19H29N5OS/c1-7-12(2)14-8-10-15(11-9-14)21-16(25)13(3)26-18-23-22-17(24(18)20)19(4,5)6/h8-13H,7,20H2,1-6H3,(H,21,25)/t12-,13+/m0/s1. The molecule has 2 aromatic rings. The molecule has 0 saturated carbocycles. The fourth-order valence-electron chi connectivity index (χ4n) is 2.46. The molecular formula is C19H29N5OS. The van der Waals surface area contributed by atoms with E-state index >= 15 is 0 Å². The molecule has 1 aromatic heterocycles. The number of nitrogens with one attached hydrogen (secondary N) is 1. The highest BCUT2D eigenvalue weighted by Gasteiger charge is 2.25. The minimum atomic E-state index is -0.344. The van der Waals surface area contributed by atoms with Gasteiger partial charge in [0.1, 0.15) is 0 Å². The number of carbonyl (C=O) groups is 1. The van der Waals surface area contributed by atoms with Crippen molar-refractivity contribution in [1.29, 1.82) is 0 Å². The van der Waals surface area contributed by atoms with Crippen molar-refractivity contribution in [3.05, 3.63) is 35.7 Å². The molecule has 1 aromatic carbocycles. The number of nitrogens with two attached hydrogens (primary N) is 1. The summed E-state index contributed by atoms with van der Waals surface area (Å²) < 4.78 is 1.47. The summed E-state index contributed by atoms with van der Waals surface area (Å²) in [7, 11) is 0. The number of amides is 1. The lowest BCUT2D eigenvalue weighted by molar-refractivity contribution is -0.115. The molecule has 2 atom stereocenters. The van der Waals surface area contributed by atoms with Crippen molar-refractivity contribution in [3.8, 4) is 0 Å². The molecule has 2 rings (SSSR count). The summed E-state index contributed by atoms with van der Waals surface area (Å²) in [5, 5.41) is 11.4. The zero-order valence-corrected chi connectivity index (χ0v) is 17.2. The molecule has 3 N–H and O–H groups in total. The predicted octanol–water partition coefficient (Wildman–Crippen LogP) is 3.92. The number of benzene rings is 1. The number of hydrogen-bond acceptors (Lipinski definition) is 5. The Kier molecular flexibility index (Phi) is 6.34. The third-order valence-corrected chi connectivity index (χ3v) is 5.40. The average molecular weight is 376 g/mol. The zero-order chi connectivity index (χ0) is 19.5. The molecule has 0 aliphatic carbocycles. The van der Waals surface area contributed by atoms with E-state index in [2.05, 4.69) is 41.5 Å². The zero-order valence-electron chi connectivity index (χ0n) is 16.4. The Bertz CT molecular complexity index is 748. The maximum atomic E-state index is 12.5. The monoisotopic (exact) mass is 375 g/mol. The largest absolute Gasteiger partial charge is 0.336 e. The van der Waals surface area contributed by atoms with Gasteiger partial charge in [0.05, 0.1) is 5.25 Å². The van der Waals surface area contributed by atoms with Gasteiger partial charge in [0.15, 0.2) is 5.82 Å². The number of anilines is 1. The molecule has 0 bridgehead atoms. The van der Waals surface area contributed by atoms with Crippen molar-refractivity contribution < 1.29 is 4.79 Å². The molecule has 0 fully saturated rings. The number of aromatic nitrogens is 3. The van der Waals surface area contributed by atoms with Crippen LogP contribution in [-0.2, 0) is 10.2 Å². The Labute approximate surface area is 159 Å². The Morgan fingerprint density at radius 1 is 1.23 bits per heavy atom. The van der Waals surface area contributed by atoms with Crippen LogP contribution in [-0.4, -0.2) is 26.0 Å². The van der Waals surface area contributed by atoms with E-state index in [-0.39, 0.29) is 16.6 Å². The molecule has 7 heteroatoms. The van der Waals surface area contributed by atoms with Gasteiger partial charge in [0.2, 0.25) is 11.1 Å². The van der Waals surface area contributed by atoms with Crippen molar-refractivity contribution in [3.63, 3.8) is 0 Å². The fraction of sp³-hybridized carbons (Fsp3) is 0.526. The van der Waals surface area contributed by atoms with Crippen molar-refractivity contribution in [2.24, 2.45) is 0 Å². The van der Waals surface area contributed by atoms with Crippen LogP contribution in [0.4, 0.5) is 5.69 Å². The Hall–Kier alpha value is -2.02. The quantitative estimate of drug-likeness (QED) is 0.590. The number of nitrogens with zero attached hydrogens (tertiary/aromatic N) is 3. The summed E-state index contributed by atoms with van der Waals surface area (Å²) >= 11 is 1.30. The second kappa shape index (κ2) is 8.12. The SMILES string of the molecule is CC[C@H](C)c1ccc(NC(=O)[C@@H](C)Sc2nnc(C(C)(C)C)n2N)cc1. The van der Waals surface area contributed by atoms with E-state index in [9.17, 15) is 4.79 Å². The lowest BCUT2D eigenvalue weighted by Gasteiger charge is -2.17. The van der Waals surface area contributed by atoms with Gasteiger partial charge in [-0.15, -0.1) is 10.2 Å². The predicted molar refractivity (Wildman–Crippen MR) is 108 cm³/mol. The van der Waals surface area contributed by atoms with E-state index in [1.165, 1.54) is 22.0 Å². The third kappa shape index (κ3) is 4.78. The van der Waals surface area contributed by atoms with Gasteiger partial charge >= 0.3 is 0 Å². The second-order valence-electron chi connectivity index (χ2n) is 7.61. The number of rotatable bonds is 6. The first kappa shape index (κ1) is 20.3. The van der Waals surface area contributed by atoms with Crippen LogP contribution in [0.3, 0.4) is 0 Å². The van der Waals surface area contributed by atoms with Gasteiger partial charge in [-0.3, -0.25) is 4.79 Å². The molecule has 26 heavy (non-hydrogen) atoms. The topological polar surface area (TPSA) is 85.8 Å². The highest BCUT2D eigenvalue weighted by atomic mass is 32.2. The summed E-state index contributed by atoms with van der Waals surface area (Å²) in [4.78, 5) is 12.5. The van der Waals surface area contributed by atoms with Crippen LogP contribution in [0.15, 0.2) is 29.4 Å². The first-order valence-electron chi connectivity index (χ1n) is 8.92. The number of carbonyl (C=O) groups excluding carboxylic acids is 1. The van der Waals surface area contributed by atoms with Crippen molar-refractivity contribution in [2.75, 3.05) is 11.2 Å². The molecule has 0 radical (unpaired) electrons. The summed E-state index contributed by atoms with van der Waals surface area (Å²) in [6, 6.07) is 8.02. The van der Waals surface area contributed by atoms with Crippen LogP contribution in [0.5, 0.6) is 0 Å². The maximum Gasteiger partial charge on any atom is 0.237 e. The molecular weight excluding hydrogens is 346 g/mol. The molecule has 6 nitrogen and oxygen atoms in total. The van der Waals surface area contributed by atoms with Gasteiger partial charge < -0.3 is 11.2 Å². The van der Waals surface area contributed by atoms with E-state index in [1.807, 2.05) is 39.8 Å². The molecule has 1 amide bonds. The molecule has 0 saturated heterocycles. The minimum absolute atomic E-state index is 0.0911. The van der Waals surface area contributed by atoms with Crippen LogP contribution >= 0.6 is 11.8 Å². The van der Waals surface area contributed by atoms with Gasteiger partial charge in [-0.25, -0.2) is 4.68 Å². The van der Waals surface area contributed by atoms with Crippen molar-refractivity contribution >= 4 is 23.4 Å². The summed E-state index contributed by atoms with van der Waals surface area (Å²) in [6.07, 6.45) is 1.09. The molecule has 142 valence electrons. The first-order valence-corrected chi connectivity index (χ1v) is 9.80. The Morgan fingerprint density at radius 2 is 1.85 bits per heavy atom. The summed E-state index contributed by atoms with van der Waals surface area (Å²) in [6.45, 7) is 12.3. The van der Waals surface area contributed by atoms with Crippen LogP contribution in [0.25, 0.3) is 0 Å². The van der Waals surface area contributed by atoms with Crippen LogP contribution in [0.1, 0.15) is 65.3 Å². The average Bonchev–Trinajstić information content (AvgIpc) is 2.95. The number of thioether (sulfide) groups is 1. The lowest BCUT2D eigenvalue weighted by atomic mass is 9.96. The van der Waals surface area contributed by atoms with E-state index < -0.39 is 0 Å².